The average molecular weight is 530 g/mol. The van der Waals surface area contributed by atoms with E-state index in [9.17, 15) is 4.39 Å². The maximum atomic E-state index is 13.8. The number of piperidine rings is 1. The normalized spacial score (nSPS) is 22.9. The van der Waals surface area contributed by atoms with Crippen molar-refractivity contribution in [3.8, 4) is 0 Å². The number of aromatic nitrogens is 1. The zero-order chi connectivity index (χ0) is 26.6. The van der Waals surface area contributed by atoms with Gasteiger partial charge < -0.3 is 15.1 Å². The number of rotatable bonds is 6. The summed E-state index contributed by atoms with van der Waals surface area (Å²) in [5.74, 6) is 2.02. The first kappa shape index (κ1) is 25.9. The Morgan fingerprint density at radius 2 is 1.85 bits per heavy atom. The van der Waals surface area contributed by atoms with Crippen molar-refractivity contribution in [2.45, 2.75) is 37.8 Å². The Labute approximate surface area is 229 Å². The standard InChI is InChI=1S/C30H37FN8/c31-23-5-1-4-22(20-23)27-7-3-15-39(27)28(32)9-10-29-34-21-26(35-29)25-6-2-8-30(36-25)38-18-16-37(17-19-38)24-11-13-33-14-12-24/h1-2,4-6,8-10,20-21,24,27,32-33H,3,7,11-19H2,(H,34,35)/p+1. The molecule has 8 nitrogen and oxygen atoms in total. The van der Waals surface area contributed by atoms with Crippen LogP contribution in [0.25, 0.3) is 5.70 Å². The molecule has 0 bridgehead atoms. The molecule has 0 aliphatic carbocycles. The zero-order valence-electron chi connectivity index (χ0n) is 22.4. The Morgan fingerprint density at radius 3 is 2.67 bits per heavy atom. The van der Waals surface area contributed by atoms with Crippen molar-refractivity contribution in [2.24, 2.45) is 4.99 Å². The van der Waals surface area contributed by atoms with E-state index in [1.54, 1.807) is 18.2 Å². The molecule has 9 heteroatoms. The predicted molar refractivity (Wildman–Crippen MR) is 153 cm³/mol. The highest BCUT2D eigenvalue weighted by Crippen LogP contribution is 2.32. The van der Waals surface area contributed by atoms with E-state index in [1.807, 2.05) is 34.6 Å². The Hall–Kier alpha value is -3.40. The number of pyridine rings is 1. The van der Waals surface area contributed by atoms with E-state index in [-0.39, 0.29) is 11.9 Å². The molecule has 0 spiro atoms. The molecule has 4 aliphatic heterocycles. The summed E-state index contributed by atoms with van der Waals surface area (Å²) in [6.45, 7) is 7.25. The van der Waals surface area contributed by atoms with E-state index < -0.39 is 0 Å². The van der Waals surface area contributed by atoms with Gasteiger partial charge >= 0.3 is 0 Å². The van der Waals surface area contributed by atoms with Crippen LogP contribution in [0.15, 0.2) is 65.8 Å². The summed E-state index contributed by atoms with van der Waals surface area (Å²) < 4.78 is 13.8. The Kier molecular flexibility index (Phi) is 7.81. The predicted octanol–water partition coefficient (Wildman–Crippen LogP) is 2.74. The first-order valence-corrected chi connectivity index (χ1v) is 14.2. The van der Waals surface area contributed by atoms with Crippen molar-refractivity contribution in [1.82, 2.24) is 20.1 Å². The number of nitrogens with zero attached hydrogens (tertiary/aromatic N) is 5. The second kappa shape index (κ2) is 11.8. The van der Waals surface area contributed by atoms with Crippen molar-refractivity contribution in [3.05, 3.63) is 77.9 Å². The lowest BCUT2D eigenvalue weighted by molar-refractivity contribution is -0.428. The fourth-order valence-electron chi connectivity index (χ4n) is 6.23. The minimum absolute atomic E-state index is 0.0366. The second-order valence-corrected chi connectivity index (χ2v) is 10.8. The minimum atomic E-state index is -0.230. The van der Waals surface area contributed by atoms with Crippen LogP contribution in [0, 0.1) is 11.2 Å². The van der Waals surface area contributed by atoms with Gasteiger partial charge in [0.2, 0.25) is 5.84 Å². The SMILES string of the molecule is N=C(C=CC1=NC=C(c2cccc(N3CCN(C4CCNCC4)CC3)n2)[NH2+]1)N1CCCC1c1cccc(F)c1. The van der Waals surface area contributed by atoms with Gasteiger partial charge in [-0.25, -0.2) is 9.37 Å². The van der Waals surface area contributed by atoms with Crippen LogP contribution in [0.1, 0.15) is 43.0 Å². The first-order chi connectivity index (χ1) is 19.1. The number of nitrogens with two attached hydrogens (primary N) is 1. The first-order valence-electron chi connectivity index (χ1n) is 14.2. The molecule has 1 unspecified atom stereocenters. The van der Waals surface area contributed by atoms with E-state index in [0.29, 0.717) is 11.9 Å². The average Bonchev–Trinajstić information content (AvgIpc) is 3.67. The lowest BCUT2D eigenvalue weighted by Gasteiger charge is -2.41. The number of amidine groups is 2. The van der Waals surface area contributed by atoms with E-state index in [4.69, 9.17) is 10.4 Å². The molecule has 6 rings (SSSR count). The molecule has 1 aromatic carbocycles. The number of hydrogen-bond acceptors (Lipinski definition) is 6. The largest absolute Gasteiger partial charge is 0.354 e. The summed E-state index contributed by atoms with van der Waals surface area (Å²) in [6, 6.07) is 13.7. The van der Waals surface area contributed by atoms with Crippen molar-refractivity contribution >= 4 is 23.2 Å². The summed E-state index contributed by atoms with van der Waals surface area (Å²) in [7, 11) is 0. The molecular formula is C30H38FN8+. The van der Waals surface area contributed by atoms with Crippen LogP contribution in [0.2, 0.25) is 0 Å². The molecule has 0 saturated carbocycles. The third-order valence-corrected chi connectivity index (χ3v) is 8.36. The minimum Gasteiger partial charge on any atom is -0.354 e. The maximum Gasteiger partial charge on any atom is 0.229 e. The molecule has 5 heterocycles. The van der Waals surface area contributed by atoms with Gasteiger partial charge in [0.1, 0.15) is 23.2 Å². The third-order valence-electron chi connectivity index (χ3n) is 8.36. The number of quaternary nitrogens is 1. The smallest absolute Gasteiger partial charge is 0.229 e. The fraction of sp³-hybridized carbons (Fsp3) is 0.433. The van der Waals surface area contributed by atoms with E-state index in [2.05, 4.69) is 32.2 Å². The van der Waals surface area contributed by atoms with Crippen LogP contribution < -0.4 is 15.5 Å². The Morgan fingerprint density at radius 1 is 1.03 bits per heavy atom. The number of likely N-dealkylation sites (tertiary alicyclic amines) is 1. The number of halogens is 1. The maximum absolute atomic E-state index is 13.8. The lowest BCUT2D eigenvalue weighted by Crippen LogP contribution is -2.83. The number of benzene rings is 1. The lowest BCUT2D eigenvalue weighted by atomic mass is 10.0. The van der Waals surface area contributed by atoms with Gasteiger partial charge in [-0.05, 0) is 74.7 Å². The molecule has 2 aromatic rings. The van der Waals surface area contributed by atoms with Crippen molar-refractivity contribution < 1.29 is 9.71 Å². The highest BCUT2D eigenvalue weighted by Gasteiger charge is 2.28. The van der Waals surface area contributed by atoms with Crippen LogP contribution >= 0.6 is 0 Å². The molecule has 3 saturated heterocycles. The molecule has 0 radical (unpaired) electrons. The van der Waals surface area contributed by atoms with Gasteiger partial charge in [0.15, 0.2) is 5.70 Å². The van der Waals surface area contributed by atoms with E-state index in [1.165, 1.54) is 18.9 Å². The molecule has 4 N–H and O–H groups in total. The highest BCUT2D eigenvalue weighted by atomic mass is 19.1. The van der Waals surface area contributed by atoms with Crippen molar-refractivity contribution in [1.29, 1.82) is 5.41 Å². The molecule has 39 heavy (non-hydrogen) atoms. The van der Waals surface area contributed by atoms with E-state index in [0.717, 1.165) is 87.3 Å². The third kappa shape index (κ3) is 5.95. The Balaban J connectivity index is 1.03. The summed E-state index contributed by atoms with van der Waals surface area (Å²) in [6.07, 6.45) is 9.96. The number of piperazine rings is 1. The summed E-state index contributed by atoms with van der Waals surface area (Å²) in [4.78, 5) is 16.6. The van der Waals surface area contributed by atoms with Gasteiger partial charge in [0.25, 0.3) is 0 Å². The van der Waals surface area contributed by atoms with Crippen LogP contribution in [-0.2, 0) is 0 Å². The number of nitrogens with one attached hydrogen (secondary N) is 2. The van der Waals surface area contributed by atoms with Gasteiger partial charge in [0, 0.05) is 44.8 Å². The molecule has 204 valence electrons. The Bertz CT molecular complexity index is 1270. The fourth-order valence-corrected chi connectivity index (χ4v) is 6.23. The summed E-state index contributed by atoms with van der Waals surface area (Å²) in [5.41, 5.74) is 2.83. The molecule has 1 atom stereocenters. The molecule has 1 aromatic heterocycles. The van der Waals surface area contributed by atoms with Crippen LogP contribution in [0.3, 0.4) is 0 Å². The quantitative estimate of drug-likeness (QED) is 0.396. The second-order valence-electron chi connectivity index (χ2n) is 10.8. The topological polar surface area (TPSA) is 87.5 Å². The van der Waals surface area contributed by atoms with Gasteiger partial charge in [-0.15, -0.1) is 0 Å². The number of aliphatic imine (C=N–C) groups is 1. The number of hydrogen-bond donors (Lipinski definition) is 3. The van der Waals surface area contributed by atoms with Crippen LogP contribution in [-0.4, -0.2) is 78.3 Å². The molecule has 0 amide bonds. The van der Waals surface area contributed by atoms with Gasteiger partial charge in [-0.1, -0.05) is 18.2 Å². The van der Waals surface area contributed by atoms with Gasteiger partial charge in [-0.2, -0.15) is 4.99 Å². The van der Waals surface area contributed by atoms with Crippen molar-refractivity contribution in [2.75, 3.05) is 50.7 Å². The monoisotopic (exact) mass is 529 g/mol. The zero-order valence-corrected chi connectivity index (χ0v) is 22.4. The summed E-state index contributed by atoms with van der Waals surface area (Å²) >= 11 is 0. The van der Waals surface area contributed by atoms with E-state index >= 15 is 0 Å². The van der Waals surface area contributed by atoms with Crippen molar-refractivity contribution in [3.63, 3.8) is 0 Å². The molecular weight excluding hydrogens is 491 g/mol. The van der Waals surface area contributed by atoms with Gasteiger partial charge in [0.05, 0.1) is 12.2 Å². The number of anilines is 1. The molecule has 3 fully saturated rings. The van der Waals surface area contributed by atoms with Crippen LogP contribution in [0.5, 0.6) is 0 Å². The van der Waals surface area contributed by atoms with Crippen LogP contribution in [0.4, 0.5) is 10.2 Å². The highest BCUT2D eigenvalue weighted by molar-refractivity contribution is 5.99. The molecule has 4 aliphatic rings. The van der Waals surface area contributed by atoms with Gasteiger partial charge in [-0.3, -0.25) is 15.6 Å². The summed E-state index contributed by atoms with van der Waals surface area (Å²) in [5, 5.41) is 14.1.